The van der Waals surface area contributed by atoms with Gasteiger partial charge >= 0.3 is 5.97 Å². The van der Waals surface area contributed by atoms with E-state index in [0.717, 1.165) is 5.57 Å². The van der Waals surface area contributed by atoms with E-state index in [9.17, 15) is 9.59 Å². The van der Waals surface area contributed by atoms with E-state index in [4.69, 9.17) is 4.74 Å². The second-order valence-electron chi connectivity index (χ2n) is 4.62. The first-order valence-electron chi connectivity index (χ1n) is 6.05. The van der Waals surface area contributed by atoms with Crippen LogP contribution in [0.2, 0.25) is 0 Å². The van der Waals surface area contributed by atoms with Gasteiger partial charge in [-0.15, -0.1) is 6.58 Å². The lowest BCUT2D eigenvalue weighted by atomic mass is 10.1. The Kier molecular flexibility index (Phi) is 5.30. The fraction of sp³-hybridized carbons (Fsp3) is 0.333. The summed E-state index contributed by atoms with van der Waals surface area (Å²) in [6.45, 7) is 5.95. The van der Waals surface area contributed by atoms with Gasteiger partial charge in [0, 0.05) is 26.1 Å². The number of amides is 1. The Labute approximate surface area is 113 Å². The van der Waals surface area contributed by atoms with Crippen molar-refractivity contribution in [1.82, 2.24) is 4.90 Å². The Morgan fingerprint density at radius 3 is 2.16 bits per heavy atom. The first-order valence-corrected chi connectivity index (χ1v) is 6.05. The maximum atomic E-state index is 11.7. The summed E-state index contributed by atoms with van der Waals surface area (Å²) in [4.78, 5) is 24.9. The van der Waals surface area contributed by atoms with E-state index >= 15 is 0 Å². The van der Waals surface area contributed by atoms with Crippen molar-refractivity contribution < 1.29 is 14.3 Å². The van der Waals surface area contributed by atoms with Gasteiger partial charge in [-0.25, -0.2) is 4.79 Å². The average Bonchev–Trinajstić information content (AvgIpc) is 2.37. The summed E-state index contributed by atoms with van der Waals surface area (Å²) in [5.74, 6) is -0.479. The monoisotopic (exact) mass is 261 g/mol. The SMILES string of the molecule is C=C(C)CCOC(=O)c1ccc(C(=O)N(C)C)cc1. The number of ether oxygens (including phenoxy) is 1. The fourth-order valence-electron chi connectivity index (χ4n) is 1.41. The number of benzene rings is 1. The Morgan fingerprint density at radius 2 is 1.68 bits per heavy atom. The van der Waals surface area contributed by atoms with Crippen molar-refractivity contribution in [2.75, 3.05) is 20.7 Å². The molecule has 1 aromatic carbocycles. The van der Waals surface area contributed by atoms with Crippen molar-refractivity contribution in [3.63, 3.8) is 0 Å². The Bertz CT molecular complexity index is 475. The minimum absolute atomic E-state index is 0.0952. The predicted octanol–water partition coefficient (Wildman–Crippen LogP) is 2.51. The van der Waals surface area contributed by atoms with Crippen LogP contribution in [0.3, 0.4) is 0 Å². The zero-order chi connectivity index (χ0) is 14.4. The van der Waals surface area contributed by atoms with Crippen LogP contribution in [0.5, 0.6) is 0 Å². The smallest absolute Gasteiger partial charge is 0.338 e. The van der Waals surface area contributed by atoms with Crippen LogP contribution in [0.15, 0.2) is 36.4 Å². The van der Waals surface area contributed by atoms with Gasteiger partial charge < -0.3 is 9.64 Å². The fourth-order valence-corrected chi connectivity index (χ4v) is 1.41. The summed E-state index contributed by atoms with van der Waals surface area (Å²) in [7, 11) is 3.37. The summed E-state index contributed by atoms with van der Waals surface area (Å²) in [6, 6.07) is 6.44. The van der Waals surface area contributed by atoms with E-state index in [0.29, 0.717) is 24.2 Å². The minimum Gasteiger partial charge on any atom is -0.462 e. The van der Waals surface area contributed by atoms with Crippen LogP contribution in [0.1, 0.15) is 34.1 Å². The van der Waals surface area contributed by atoms with Gasteiger partial charge in [-0.05, 0) is 31.2 Å². The molecule has 1 amide bonds. The summed E-state index contributed by atoms with van der Waals surface area (Å²) in [5, 5.41) is 0. The van der Waals surface area contributed by atoms with Crippen molar-refractivity contribution in [3.05, 3.63) is 47.5 Å². The van der Waals surface area contributed by atoms with Crippen LogP contribution in [0.4, 0.5) is 0 Å². The second kappa shape index (κ2) is 6.73. The molecule has 0 aromatic heterocycles. The highest BCUT2D eigenvalue weighted by Gasteiger charge is 2.10. The van der Waals surface area contributed by atoms with Gasteiger partial charge in [0.2, 0.25) is 0 Å². The average molecular weight is 261 g/mol. The molecule has 0 spiro atoms. The van der Waals surface area contributed by atoms with Crippen molar-refractivity contribution >= 4 is 11.9 Å². The number of carbonyl (C=O) groups is 2. The van der Waals surface area contributed by atoms with Crippen LogP contribution in [0.25, 0.3) is 0 Å². The van der Waals surface area contributed by atoms with Crippen LogP contribution in [-0.2, 0) is 4.74 Å². The molecule has 0 aliphatic rings. The quantitative estimate of drug-likeness (QED) is 0.604. The lowest BCUT2D eigenvalue weighted by Crippen LogP contribution is -2.21. The van der Waals surface area contributed by atoms with Crippen LogP contribution >= 0.6 is 0 Å². The molecule has 0 bridgehead atoms. The van der Waals surface area contributed by atoms with Crippen molar-refractivity contribution in [3.8, 4) is 0 Å². The van der Waals surface area contributed by atoms with E-state index in [1.54, 1.807) is 38.4 Å². The van der Waals surface area contributed by atoms with E-state index < -0.39 is 0 Å². The molecule has 0 radical (unpaired) electrons. The minimum atomic E-state index is -0.384. The first kappa shape index (κ1) is 15.0. The predicted molar refractivity (Wildman–Crippen MR) is 74.2 cm³/mol. The van der Waals surface area contributed by atoms with Crippen molar-refractivity contribution in [1.29, 1.82) is 0 Å². The molecule has 0 atom stereocenters. The molecule has 4 nitrogen and oxygen atoms in total. The largest absolute Gasteiger partial charge is 0.462 e. The van der Waals surface area contributed by atoms with Gasteiger partial charge in [-0.1, -0.05) is 5.57 Å². The van der Waals surface area contributed by atoms with Gasteiger partial charge in [0.1, 0.15) is 0 Å². The first-order chi connectivity index (χ1) is 8.91. The molecule has 0 unspecified atom stereocenters. The standard InChI is InChI=1S/C15H19NO3/c1-11(2)9-10-19-15(18)13-7-5-12(6-8-13)14(17)16(3)4/h5-8H,1,9-10H2,2-4H3. The molecule has 0 aliphatic carbocycles. The molecule has 0 aliphatic heterocycles. The molecule has 102 valence electrons. The summed E-state index contributed by atoms with van der Waals surface area (Å²) in [6.07, 6.45) is 0.656. The maximum Gasteiger partial charge on any atom is 0.338 e. The maximum absolute atomic E-state index is 11.7. The Hall–Kier alpha value is -2.10. The number of rotatable bonds is 5. The molecule has 0 heterocycles. The highest BCUT2D eigenvalue weighted by molar-refractivity contribution is 5.95. The van der Waals surface area contributed by atoms with Gasteiger partial charge in [0.15, 0.2) is 0 Å². The van der Waals surface area contributed by atoms with Crippen LogP contribution in [-0.4, -0.2) is 37.5 Å². The summed E-state index contributed by atoms with van der Waals surface area (Å²) < 4.78 is 5.09. The zero-order valence-electron chi connectivity index (χ0n) is 11.6. The summed E-state index contributed by atoms with van der Waals surface area (Å²) in [5.41, 5.74) is 1.96. The molecular formula is C15H19NO3. The van der Waals surface area contributed by atoms with Crippen LogP contribution < -0.4 is 0 Å². The highest BCUT2D eigenvalue weighted by Crippen LogP contribution is 2.08. The Morgan fingerprint density at radius 1 is 1.16 bits per heavy atom. The number of hydrogen-bond donors (Lipinski definition) is 0. The molecule has 4 heteroatoms. The molecule has 1 aromatic rings. The third-order valence-electron chi connectivity index (χ3n) is 2.54. The molecule has 1 rings (SSSR count). The number of carbonyl (C=O) groups excluding carboxylic acids is 2. The highest BCUT2D eigenvalue weighted by atomic mass is 16.5. The zero-order valence-corrected chi connectivity index (χ0v) is 11.6. The lowest BCUT2D eigenvalue weighted by Gasteiger charge is -2.10. The van der Waals surface area contributed by atoms with E-state index in [2.05, 4.69) is 6.58 Å². The van der Waals surface area contributed by atoms with E-state index in [1.165, 1.54) is 4.90 Å². The van der Waals surface area contributed by atoms with Gasteiger partial charge in [0.25, 0.3) is 5.91 Å². The molecule has 0 saturated heterocycles. The molecular weight excluding hydrogens is 242 g/mol. The normalized spacial score (nSPS) is 9.84. The second-order valence-corrected chi connectivity index (χ2v) is 4.62. The molecule has 0 fully saturated rings. The van der Waals surface area contributed by atoms with Crippen LogP contribution in [0, 0.1) is 0 Å². The third-order valence-corrected chi connectivity index (χ3v) is 2.54. The van der Waals surface area contributed by atoms with Crippen molar-refractivity contribution in [2.45, 2.75) is 13.3 Å². The van der Waals surface area contributed by atoms with E-state index in [1.807, 2.05) is 6.92 Å². The number of hydrogen-bond acceptors (Lipinski definition) is 3. The number of esters is 1. The topological polar surface area (TPSA) is 46.6 Å². The molecule has 0 saturated carbocycles. The Balaban J connectivity index is 2.63. The van der Waals surface area contributed by atoms with Crippen molar-refractivity contribution in [2.24, 2.45) is 0 Å². The summed E-state index contributed by atoms with van der Waals surface area (Å²) >= 11 is 0. The number of nitrogens with zero attached hydrogens (tertiary/aromatic N) is 1. The lowest BCUT2D eigenvalue weighted by molar-refractivity contribution is 0.0509. The van der Waals surface area contributed by atoms with Gasteiger partial charge in [0.05, 0.1) is 12.2 Å². The van der Waals surface area contributed by atoms with Gasteiger partial charge in [-0.2, -0.15) is 0 Å². The van der Waals surface area contributed by atoms with E-state index in [-0.39, 0.29) is 11.9 Å². The molecule has 19 heavy (non-hydrogen) atoms. The molecule has 0 N–H and O–H groups in total. The van der Waals surface area contributed by atoms with Gasteiger partial charge in [-0.3, -0.25) is 4.79 Å². The third kappa shape index (κ3) is 4.58.